The van der Waals surface area contributed by atoms with Crippen molar-refractivity contribution >= 4 is 40.3 Å². The molecule has 8 nitrogen and oxygen atoms in total. The van der Waals surface area contributed by atoms with E-state index in [9.17, 15) is 9.59 Å². The Kier molecular flexibility index (Phi) is 5.99. The first-order valence-electron chi connectivity index (χ1n) is 9.77. The number of benzene rings is 2. The molecule has 0 radical (unpaired) electrons. The zero-order valence-corrected chi connectivity index (χ0v) is 19.2. The molecule has 4 aromatic rings. The molecule has 0 fully saturated rings. The van der Waals surface area contributed by atoms with Gasteiger partial charge in [0.05, 0.1) is 23.7 Å². The van der Waals surface area contributed by atoms with E-state index < -0.39 is 11.2 Å². The largest absolute Gasteiger partial charge is 0.497 e. The summed E-state index contributed by atoms with van der Waals surface area (Å²) in [4.78, 5) is 30.6. The summed E-state index contributed by atoms with van der Waals surface area (Å²) in [6, 6.07) is 12.6. The Labute approximate surface area is 193 Å². The molecule has 0 spiro atoms. The highest BCUT2D eigenvalue weighted by Gasteiger charge is 2.19. The Morgan fingerprint density at radius 3 is 2.31 bits per heavy atom. The number of aryl methyl sites for hydroxylation is 2. The molecule has 2 aromatic carbocycles. The Morgan fingerprint density at radius 2 is 1.66 bits per heavy atom. The van der Waals surface area contributed by atoms with Crippen molar-refractivity contribution < 1.29 is 4.74 Å². The second kappa shape index (κ2) is 8.72. The fourth-order valence-electron chi connectivity index (χ4n) is 3.49. The van der Waals surface area contributed by atoms with Crippen molar-refractivity contribution in [2.24, 2.45) is 14.1 Å². The van der Waals surface area contributed by atoms with Crippen molar-refractivity contribution in [2.75, 3.05) is 12.4 Å². The lowest BCUT2D eigenvalue weighted by molar-refractivity contribution is 0.414. The lowest BCUT2D eigenvalue weighted by Gasteiger charge is -2.09. The standard InChI is InChI=1S/C22H21Cl2N5O3/c1-27-18-19(26-21(27)25-11-13-4-7-15(32-3)8-5-13)28(2)22(31)29(20(18)30)12-14-6-9-16(23)17(24)10-14/h4-10H,11-12H2,1-3H3,(H,25,26). The molecular formula is C22H21Cl2N5O3. The van der Waals surface area contributed by atoms with Gasteiger partial charge in [-0.25, -0.2) is 4.79 Å². The summed E-state index contributed by atoms with van der Waals surface area (Å²) in [5.74, 6) is 1.25. The third-order valence-corrected chi connectivity index (χ3v) is 6.03. The lowest BCUT2D eigenvalue weighted by atomic mass is 10.2. The van der Waals surface area contributed by atoms with Crippen LogP contribution in [0.15, 0.2) is 52.1 Å². The molecule has 0 saturated carbocycles. The maximum Gasteiger partial charge on any atom is 0.332 e. The average Bonchev–Trinajstić information content (AvgIpc) is 3.13. The second-order valence-electron chi connectivity index (χ2n) is 7.35. The van der Waals surface area contributed by atoms with Crippen LogP contribution in [0.3, 0.4) is 0 Å². The van der Waals surface area contributed by atoms with Gasteiger partial charge in [-0.2, -0.15) is 4.98 Å². The van der Waals surface area contributed by atoms with Crippen LogP contribution in [-0.2, 0) is 27.2 Å². The SMILES string of the molecule is COc1ccc(CNc2nc3c(c(=O)n(Cc4ccc(Cl)c(Cl)c4)c(=O)n3C)n2C)cc1. The highest BCUT2D eigenvalue weighted by molar-refractivity contribution is 6.42. The van der Waals surface area contributed by atoms with Crippen molar-refractivity contribution in [3.05, 3.63) is 84.5 Å². The van der Waals surface area contributed by atoms with Gasteiger partial charge in [0, 0.05) is 20.6 Å². The highest BCUT2D eigenvalue weighted by atomic mass is 35.5. The quantitative estimate of drug-likeness (QED) is 0.463. The first-order chi connectivity index (χ1) is 15.3. The molecule has 166 valence electrons. The maximum absolute atomic E-state index is 13.2. The van der Waals surface area contributed by atoms with Gasteiger partial charge in [0.25, 0.3) is 5.56 Å². The van der Waals surface area contributed by atoms with Crippen LogP contribution in [0.5, 0.6) is 5.75 Å². The molecule has 0 atom stereocenters. The number of fused-ring (bicyclic) bond motifs is 1. The van der Waals surface area contributed by atoms with Crippen LogP contribution in [0.25, 0.3) is 11.2 Å². The van der Waals surface area contributed by atoms with Gasteiger partial charge in [-0.1, -0.05) is 41.4 Å². The first kappa shape index (κ1) is 22.0. The molecule has 0 aliphatic carbocycles. The van der Waals surface area contributed by atoms with Gasteiger partial charge in [-0.3, -0.25) is 13.9 Å². The van der Waals surface area contributed by atoms with Crippen LogP contribution >= 0.6 is 23.2 Å². The third-order valence-electron chi connectivity index (χ3n) is 5.29. The number of nitrogens with zero attached hydrogens (tertiary/aromatic N) is 4. The molecule has 4 rings (SSSR count). The molecule has 32 heavy (non-hydrogen) atoms. The van der Waals surface area contributed by atoms with Crippen molar-refractivity contribution in [3.63, 3.8) is 0 Å². The number of hydrogen-bond acceptors (Lipinski definition) is 5. The predicted octanol–water partition coefficient (Wildman–Crippen LogP) is 3.41. The topological polar surface area (TPSA) is 83.1 Å². The number of rotatable bonds is 6. The van der Waals surface area contributed by atoms with E-state index in [1.165, 1.54) is 4.57 Å². The number of anilines is 1. The van der Waals surface area contributed by atoms with Crippen molar-refractivity contribution in [2.45, 2.75) is 13.1 Å². The molecule has 2 aromatic heterocycles. The number of aromatic nitrogens is 4. The first-order valence-corrected chi connectivity index (χ1v) is 10.5. The Morgan fingerprint density at radius 1 is 0.969 bits per heavy atom. The summed E-state index contributed by atoms with van der Waals surface area (Å²) in [5.41, 5.74) is 1.45. The molecule has 0 aliphatic rings. The smallest absolute Gasteiger partial charge is 0.332 e. The molecule has 10 heteroatoms. The molecule has 0 bridgehead atoms. The van der Waals surface area contributed by atoms with Gasteiger partial charge >= 0.3 is 5.69 Å². The van der Waals surface area contributed by atoms with E-state index in [0.717, 1.165) is 15.9 Å². The Hall–Kier alpha value is -3.23. The van der Waals surface area contributed by atoms with Gasteiger partial charge in [-0.15, -0.1) is 0 Å². The van der Waals surface area contributed by atoms with Crippen LogP contribution < -0.4 is 21.3 Å². The number of nitrogens with one attached hydrogen (secondary N) is 1. The minimum absolute atomic E-state index is 0.0676. The molecule has 2 heterocycles. The zero-order valence-electron chi connectivity index (χ0n) is 17.7. The van der Waals surface area contributed by atoms with Crippen LogP contribution in [0.4, 0.5) is 5.95 Å². The summed E-state index contributed by atoms with van der Waals surface area (Å²) in [6.07, 6.45) is 0. The molecular weight excluding hydrogens is 453 g/mol. The summed E-state index contributed by atoms with van der Waals surface area (Å²) in [6.45, 7) is 0.560. The molecule has 0 unspecified atom stereocenters. The van der Waals surface area contributed by atoms with Crippen LogP contribution in [0.2, 0.25) is 10.0 Å². The number of hydrogen-bond donors (Lipinski definition) is 1. The number of imidazole rings is 1. The fraction of sp³-hybridized carbons (Fsp3) is 0.227. The van der Waals surface area contributed by atoms with E-state index in [0.29, 0.717) is 39.3 Å². The summed E-state index contributed by atoms with van der Waals surface area (Å²) in [5, 5.41) is 4.00. The van der Waals surface area contributed by atoms with Crippen LogP contribution in [0, 0.1) is 0 Å². The summed E-state index contributed by atoms with van der Waals surface area (Å²) >= 11 is 12.1. The van der Waals surface area contributed by atoms with Gasteiger partial charge < -0.3 is 14.6 Å². The van der Waals surface area contributed by atoms with Crippen molar-refractivity contribution in [1.29, 1.82) is 0 Å². The van der Waals surface area contributed by atoms with E-state index in [1.54, 1.807) is 44.0 Å². The fourth-order valence-corrected chi connectivity index (χ4v) is 3.81. The van der Waals surface area contributed by atoms with E-state index in [2.05, 4.69) is 10.3 Å². The lowest BCUT2D eigenvalue weighted by Crippen LogP contribution is -2.39. The monoisotopic (exact) mass is 473 g/mol. The molecule has 0 aliphatic heterocycles. The van der Waals surface area contributed by atoms with E-state index >= 15 is 0 Å². The molecule has 1 N–H and O–H groups in total. The molecule has 0 amide bonds. The Balaban J connectivity index is 1.70. The van der Waals surface area contributed by atoms with Crippen LogP contribution in [-0.4, -0.2) is 25.8 Å². The average molecular weight is 474 g/mol. The van der Waals surface area contributed by atoms with Gasteiger partial charge in [0.15, 0.2) is 11.2 Å². The van der Waals surface area contributed by atoms with E-state index in [-0.39, 0.29) is 6.54 Å². The number of halogens is 2. The van der Waals surface area contributed by atoms with Gasteiger partial charge in [0.2, 0.25) is 5.95 Å². The molecule has 0 saturated heterocycles. The van der Waals surface area contributed by atoms with Crippen LogP contribution in [0.1, 0.15) is 11.1 Å². The number of ether oxygens (including phenoxy) is 1. The van der Waals surface area contributed by atoms with Crippen molar-refractivity contribution in [1.82, 2.24) is 18.7 Å². The van der Waals surface area contributed by atoms with E-state index in [1.807, 2.05) is 24.3 Å². The van der Waals surface area contributed by atoms with Crippen molar-refractivity contribution in [3.8, 4) is 5.75 Å². The van der Waals surface area contributed by atoms with Gasteiger partial charge in [0.1, 0.15) is 5.75 Å². The summed E-state index contributed by atoms with van der Waals surface area (Å²) in [7, 11) is 4.95. The number of methoxy groups -OCH3 is 1. The zero-order chi connectivity index (χ0) is 23.0. The summed E-state index contributed by atoms with van der Waals surface area (Å²) < 4.78 is 9.36. The minimum atomic E-state index is -0.464. The second-order valence-corrected chi connectivity index (χ2v) is 8.16. The highest BCUT2D eigenvalue weighted by Crippen LogP contribution is 2.23. The normalized spacial score (nSPS) is 11.2. The van der Waals surface area contributed by atoms with E-state index in [4.69, 9.17) is 27.9 Å². The Bertz CT molecular complexity index is 1420. The third kappa shape index (κ3) is 3.99. The minimum Gasteiger partial charge on any atom is -0.497 e. The predicted molar refractivity (Wildman–Crippen MR) is 126 cm³/mol. The maximum atomic E-state index is 13.2. The van der Waals surface area contributed by atoms with Gasteiger partial charge in [-0.05, 0) is 35.4 Å².